The highest BCUT2D eigenvalue weighted by molar-refractivity contribution is 5.82. The summed E-state index contributed by atoms with van der Waals surface area (Å²) in [7, 11) is 2.12. The van der Waals surface area contributed by atoms with Crippen molar-refractivity contribution in [1.82, 2.24) is 9.91 Å². The van der Waals surface area contributed by atoms with Crippen molar-refractivity contribution in [2.24, 2.45) is 5.10 Å². The Bertz CT molecular complexity index is 189. The molecule has 1 aliphatic rings. The van der Waals surface area contributed by atoms with Gasteiger partial charge in [-0.1, -0.05) is 33.1 Å². The number of hydrogen-bond donors (Lipinski definition) is 0. The average molecular weight is 197 g/mol. The minimum Gasteiger partial charge on any atom is -0.343 e. The van der Waals surface area contributed by atoms with E-state index < -0.39 is 0 Å². The molecule has 0 saturated heterocycles. The smallest absolute Gasteiger partial charge is 0.126 e. The summed E-state index contributed by atoms with van der Waals surface area (Å²) < 4.78 is 0. The van der Waals surface area contributed by atoms with E-state index >= 15 is 0 Å². The van der Waals surface area contributed by atoms with Crippen LogP contribution in [0.25, 0.3) is 0 Å². The molecular formula is C11H23N3. The van der Waals surface area contributed by atoms with E-state index in [0.29, 0.717) is 0 Å². The molecule has 0 aliphatic carbocycles. The maximum Gasteiger partial charge on any atom is 0.126 e. The second-order valence-electron chi connectivity index (χ2n) is 4.00. The van der Waals surface area contributed by atoms with Gasteiger partial charge in [0.25, 0.3) is 0 Å². The number of hydrogen-bond acceptors (Lipinski definition) is 3. The predicted octanol–water partition coefficient (Wildman–Crippen LogP) is 2.50. The maximum absolute atomic E-state index is 4.56. The first-order valence-corrected chi connectivity index (χ1v) is 5.81. The van der Waals surface area contributed by atoms with E-state index in [-0.39, 0.29) is 0 Å². The van der Waals surface area contributed by atoms with Crippen LogP contribution in [0.5, 0.6) is 0 Å². The standard InChI is InChI=1S/C11H23N3/c1-4-6-7-8-9-14-10-13(3)11(5-2)12-14/h4-10H2,1-3H3. The van der Waals surface area contributed by atoms with Gasteiger partial charge in [-0.05, 0) is 6.42 Å². The average Bonchev–Trinajstić information content (AvgIpc) is 2.54. The highest BCUT2D eigenvalue weighted by Gasteiger charge is 2.16. The van der Waals surface area contributed by atoms with Crippen LogP contribution in [0.1, 0.15) is 46.0 Å². The Kier molecular flexibility index (Phi) is 4.77. The SMILES string of the molecule is CCCCCCN1CN(C)C(CC)=N1. The third-order valence-corrected chi connectivity index (χ3v) is 2.66. The highest BCUT2D eigenvalue weighted by Crippen LogP contribution is 2.10. The van der Waals surface area contributed by atoms with Crippen molar-refractivity contribution in [3.05, 3.63) is 0 Å². The zero-order chi connectivity index (χ0) is 10.4. The van der Waals surface area contributed by atoms with Gasteiger partial charge in [0.15, 0.2) is 0 Å². The summed E-state index contributed by atoms with van der Waals surface area (Å²) in [5.74, 6) is 1.22. The summed E-state index contributed by atoms with van der Waals surface area (Å²) in [6.07, 6.45) is 6.33. The van der Waals surface area contributed by atoms with Gasteiger partial charge in [0, 0.05) is 20.0 Å². The van der Waals surface area contributed by atoms with Crippen molar-refractivity contribution in [2.45, 2.75) is 46.0 Å². The van der Waals surface area contributed by atoms with E-state index in [0.717, 1.165) is 19.6 Å². The van der Waals surface area contributed by atoms with Crippen molar-refractivity contribution in [3.8, 4) is 0 Å². The lowest BCUT2D eigenvalue weighted by Crippen LogP contribution is -2.27. The van der Waals surface area contributed by atoms with E-state index in [1.807, 2.05) is 0 Å². The number of amidine groups is 1. The molecule has 0 radical (unpaired) electrons. The molecule has 0 saturated carbocycles. The lowest BCUT2D eigenvalue weighted by molar-refractivity contribution is 0.247. The van der Waals surface area contributed by atoms with Gasteiger partial charge < -0.3 is 4.90 Å². The Hall–Kier alpha value is -0.730. The van der Waals surface area contributed by atoms with Crippen molar-refractivity contribution in [2.75, 3.05) is 20.3 Å². The van der Waals surface area contributed by atoms with E-state index in [9.17, 15) is 0 Å². The van der Waals surface area contributed by atoms with Crippen LogP contribution in [0.3, 0.4) is 0 Å². The van der Waals surface area contributed by atoms with Crippen molar-refractivity contribution < 1.29 is 0 Å². The lowest BCUT2D eigenvalue weighted by Gasteiger charge is -2.15. The molecule has 0 spiro atoms. The van der Waals surface area contributed by atoms with Crippen LogP contribution in [0.2, 0.25) is 0 Å². The fraction of sp³-hybridized carbons (Fsp3) is 0.909. The quantitative estimate of drug-likeness (QED) is 0.609. The first-order chi connectivity index (χ1) is 6.77. The molecule has 0 fully saturated rings. The van der Waals surface area contributed by atoms with Gasteiger partial charge in [0.2, 0.25) is 0 Å². The third-order valence-electron chi connectivity index (χ3n) is 2.66. The van der Waals surface area contributed by atoms with Crippen molar-refractivity contribution >= 4 is 5.84 Å². The van der Waals surface area contributed by atoms with E-state index in [4.69, 9.17) is 0 Å². The molecule has 0 N–H and O–H groups in total. The van der Waals surface area contributed by atoms with Gasteiger partial charge in [-0.25, -0.2) is 0 Å². The summed E-state index contributed by atoms with van der Waals surface area (Å²) in [5, 5.41) is 6.75. The summed E-state index contributed by atoms with van der Waals surface area (Å²) in [5.41, 5.74) is 0. The Morgan fingerprint density at radius 1 is 1.21 bits per heavy atom. The van der Waals surface area contributed by atoms with Gasteiger partial charge in [-0.2, -0.15) is 5.10 Å². The van der Waals surface area contributed by atoms with Crippen LogP contribution in [-0.4, -0.2) is 36.0 Å². The molecule has 0 aromatic rings. The fourth-order valence-electron chi connectivity index (χ4n) is 1.78. The number of unbranched alkanes of at least 4 members (excludes halogenated alkanes) is 3. The van der Waals surface area contributed by atoms with Crippen LogP contribution in [0.15, 0.2) is 5.10 Å². The molecule has 1 heterocycles. The maximum atomic E-state index is 4.56. The normalized spacial score (nSPS) is 16.4. The van der Waals surface area contributed by atoms with E-state index in [1.54, 1.807) is 0 Å². The van der Waals surface area contributed by atoms with Gasteiger partial charge in [-0.15, -0.1) is 0 Å². The predicted molar refractivity (Wildman–Crippen MR) is 61.2 cm³/mol. The molecule has 0 unspecified atom stereocenters. The molecule has 82 valence electrons. The molecule has 1 aliphatic heterocycles. The van der Waals surface area contributed by atoms with Crippen molar-refractivity contribution in [3.63, 3.8) is 0 Å². The van der Waals surface area contributed by atoms with Gasteiger partial charge in [0.1, 0.15) is 12.5 Å². The van der Waals surface area contributed by atoms with E-state index in [2.05, 4.69) is 35.9 Å². The molecule has 1 rings (SSSR count). The second-order valence-corrected chi connectivity index (χ2v) is 4.00. The highest BCUT2D eigenvalue weighted by atomic mass is 15.6. The summed E-state index contributed by atoms with van der Waals surface area (Å²) in [6.45, 7) is 6.51. The molecule has 14 heavy (non-hydrogen) atoms. The molecule has 0 atom stereocenters. The Labute approximate surface area is 87.8 Å². The van der Waals surface area contributed by atoms with Gasteiger partial charge >= 0.3 is 0 Å². The molecule has 3 nitrogen and oxygen atoms in total. The topological polar surface area (TPSA) is 18.8 Å². The zero-order valence-electron chi connectivity index (χ0n) is 9.79. The Balaban J connectivity index is 2.18. The first kappa shape index (κ1) is 11.3. The zero-order valence-corrected chi connectivity index (χ0v) is 9.79. The van der Waals surface area contributed by atoms with Gasteiger partial charge in [0.05, 0.1) is 0 Å². The van der Waals surface area contributed by atoms with Crippen LogP contribution < -0.4 is 0 Å². The van der Waals surface area contributed by atoms with Crippen LogP contribution in [0, 0.1) is 0 Å². The Morgan fingerprint density at radius 2 is 2.00 bits per heavy atom. The fourth-order valence-corrected chi connectivity index (χ4v) is 1.78. The molecule has 0 bridgehead atoms. The second kappa shape index (κ2) is 5.89. The molecule has 0 aromatic carbocycles. The molecular weight excluding hydrogens is 174 g/mol. The third kappa shape index (κ3) is 3.20. The van der Waals surface area contributed by atoms with Crippen molar-refractivity contribution in [1.29, 1.82) is 0 Å². The molecule has 0 aromatic heterocycles. The van der Waals surface area contributed by atoms with Crippen LogP contribution in [0.4, 0.5) is 0 Å². The summed E-state index contributed by atoms with van der Waals surface area (Å²) in [4.78, 5) is 2.24. The van der Waals surface area contributed by atoms with Gasteiger partial charge in [-0.3, -0.25) is 5.01 Å². The lowest BCUT2D eigenvalue weighted by atomic mass is 10.2. The minimum absolute atomic E-state index is 0.981. The molecule has 0 amide bonds. The van der Waals surface area contributed by atoms with Crippen LogP contribution in [-0.2, 0) is 0 Å². The van der Waals surface area contributed by atoms with E-state index in [1.165, 1.54) is 31.5 Å². The molecule has 3 heteroatoms. The number of nitrogens with zero attached hydrogens (tertiary/aromatic N) is 3. The number of hydrazone groups is 1. The number of rotatable bonds is 6. The Morgan fingerprint density at radius 3 is 2.57 bits per heavy atom. The minimum atomic E-state index is 0.981. The largest absolute Gasteiger partial charge is 0.343 e. The first-order valence-electron chi connectivity index (χ1n) is 5.81. The summed E-state index contributed by atoms with van der Waals surface area (Å²) in [6, 6.07) is 0. The summed E-state index contributed by atoms with van der Waals surface area (Å²) >= 11 is 0. The van der Waals surface area contributed by atoms with Crippen LogP contribution >= 0.6 is 0 Å². The monoisotopic (exact) mass is 197 g/mol.